The van der Waals surface area contributed by atoms with Gasteiger partial charge in [0.25, 0.3) is 0 Å². The van der Waals surface area contributed by atoms with E-state index in [2.05, 4.69) is 29.9 Å². The summed E-state index contributed by atoms with van der Waals surface area (Å²) < 4.78 is 0. The van der Waals surface area contributed by atoms with Crippen molar-refractivity contribution in [2.45, 2.75) is 0 Å². The molecule has 0 atom stereocenters. The van der Waals surface area contributed by atoms with Crippen LogP contribution in [0.5, 0.6) is 0 Å². The topological polar surface area (TPSA) is 116 Å². The fourth-order valence-corrected chi connectivity index (χ4v) is 4.60. The van der Waals surface area contributed by atoms with Crippen LogP contribution in [0.25, 0.3) is 67.7 Å². The first-order chi connectivity index (χ1) is 20.8. The highest BCUT2D eigenvalue weighted by atomic mass is 15.0. The van der Waals surface area contributed by atoms with Gasteiger partial charge in [-0.25, -0.2) is 34.9 Å². The van der Waals surface area contributed by atoms with Gasteiger partial charge in [0, 0.05) is 70.6 Å². The number of aromatic nitrogens is 9. The predicted molar refractivity (Wildman–Crippen MR) is 159 cm³/mol. The van der Waals surface area contributed by atoms with E-state index in [1.54, 1.807) is 43.4 Å². The lowest BCUT2D eigenvalue weighted by Gasteiger charge is -2.11. The molecule has 0 aliphatic heterocycles. The molecule has 0 saturated carbocycles. The van der Waals surface area contributed by atoms with E-state index < -0.39 is 0 Å². The minimum atomic E-state index is 0.544. The van der Waals surface area contributed by atoms with Gasteiger partial charge in [-0.2, -0.15) is 0 Å². The van der Waals surface area contributed by atoms with Gasteiger partial charge in [0.2, 0.25) is 0 Å². The molecule has 9 heteroatoms. The Hall–Kier alpha value is -6.09. The van der Waals surface area contributed by atoms with Crippen molar-refractivity contribution in [1.82, 2.24) is 44.9 Å². The third-order valence-electron chi connectivity index (χ3n) is 6.64. The van der Waals surface area contributed by atoms with Crippen LogP contribution in [0.1, 0.15) is 0 Å². The van der Waals surface area contributed by atoms with Gasteiger partial charge in [-0.15, -0.1) is 0 Å². The van der Waals surface area contributed by atoms with Crippen LogP contribution < -0.4 is 0 Å². The summed E-state index contributed by atoms with van der Waals surface area (Å²) in [5.41, 5.74) is 7.96. The van der Waals surface area contributed by atoms with Crippen molar-refractivity contribution in [2.75, 3.05) is 0 Å². The van der Waals surface area contributed by atoms with Crippen LogP contribution in [-0.2, 0) is 0 Å². The largest absolute Gasteiger partial charge is 0.261 e. The van der Waals surface area contributed by atoms with Crippen LogP contribution in [0.2, 0.25) is 0 Å². The van der Waals surface area contributed by atoms with E-state index in [0.29, 0.717) is 17.5 Å². The molecule has 0 saturated heterocycles. The summed E-state index contributed by atoms with van der Waals surface area (Å²) in [6, 6.07) is 24.0. The fourth-order valence-electron chi connectivity index (χ4n) is 4.60. The number of benzene rings is 3. The lowest BCUT2D eigenvalue weighted by molar-refractivity contribution is 1.07. The molecule has 0 fully saturated rings. The molecule has 0 unspecified atom stereocenters. The van der Waals surface area contributed by atoms with Crippen molar-refractivity contribution in [3.05, 3.63) is 129 Å². The smallest absolute Gasteiger partial charge is 0.164 e. The summed E-state index contributed by atoms with van der Waals surface area (Å²) >= 11 is 0. The molecular formula is C33H21N9. The maximum atomic E-state index is 4.94. The van der Waals surface area contributed by atoms with Crippen molar-refractivity contribution in [3.8, 4) is 67.7 Å². The van der Waals surface area contributed by atoms with Crippen LogP contribution in [0.4, 0.5) is 0 Å². The minimum Gasteiger partial charge on any atom is -0.261 e. The normalized spacial score (nSPS) is 10.9. The highest BCUT2D eigenvalue weighted by Gasteiger charge is 2.15. The highest BCUT2D eigenvalue weighted by molar-refractivity contribution is 5.75. The number of hydrogen-bond acceptors (Lipinski definition) is 9. The second-order valence-electron chi connectivity index (χ2n) is 9.39. The van der Waals surface area contributed by atoms with E-state index in [4.69, 9.17) is 15.0 Å². The molecule has 9 nitrogen and oxygen atoms in total. The van der Waals surface area contributed by atoms with Crippen molar-refractivity contribution < 1.29 is 0 Å². The van der Waals surface area contributed by atoms with Gasteiger partial charge in [0.15, 0.2) is 17.5 Å². The quantitative estimate of drug-likeness (QED) is 0.240. The number of hydrogen-bond donors (Lipinski definition) is 0. The SMILES string of the molecule is c1cc(-c2cncnc2)cc(-c2nc(-c3cccc(-c4cncnc4)c3)nc(-c3cccc(-c4cnccn4)c3)n2)c1. The zero-order valence-electron chi connectivity index (χ0n) is 22.1. The molecule has 0 radical (unpaired) electrons. The molecule has 3 aromatic carbocycles. The Balaban J connectivity index is 1.38. The van der Waals surface area contributed by atoms with Gasteiger partial charge >= 0.3 is 0 Å². The van der Waals surface area contributed by atoms with E-state index in [1.807, 2.05) is 72.8 Å². The summed E-state index contributed by atoms with van der Waals surface area (Å²) in [6.45, 7) is 0. The second-order valence-corrected chi connectivity index (χ2v) is 9.39. The standard InChI is InChI=1S/C33H21N9/c1-4-22(28-15-35-20-36-16-28)12-25(7-1)31-40-32(26-8-2-5-23(13-26)29-17-37-21-38-18-29)42-33(41-31)27-9-3-6-24(14-27)30-19-34-10-11-39-30/h1-21H. The summed E-state index contributed by atoms with van der Waals surface area (Å²) in [4.78, 5) is 40.2. The van der Waals surface area contributed by atoms with E-state index >= 15 is 0 Å². The molecular weight excluding hydrogens is 522 g/mol. The molecule has 42 heavy (non-hydrogen) atoms. The van der Waals surface area contributed by atoms with E-state index in [1.165, 1.54) is 12.7 Å². The molecule has 0 spiro atoms. The Morgan fingerprint density at radius 1 is 0.357 bits per heavy atom. The summed E-state index contributed by atoms with van der Waals surface area (Å²) in [5.74, 6) is 1.64. The van der Waals surface area contributed by atoms with E-state index in [-0.39, 0.29) is 0 Å². The molecule has 0 N–H and O–H groups in total. The first-order valence-electron chi connectivity index (χ1n) is 13.1. The Labute approximate surface area is 241 Å². The summed E-state index contributed by atoms with van der Waals surface area (Å²) in [5, 5.41) is 0. The van der Waals surface area contributed by atoms with Crippen molar-refractivity contribution in [3.63, 3.8) is 0 Å². The maximum absolute atomic E-state index is 4.94. The van der Waals surface area contributed by atoms with Crippen molar-refractivity contribution >= 4 is 0 Å². The molecule has 0 aliphatic rings. The monoisotopic (exact) mass is 543 g/mol. The molecule has 0 aliphatic carbocycles. The Morgan fingerprint density at radius 3 is 1.24 bits per heavy atom. The van der Waals surface area contributed by atoms with Crippen LogP contribution in [0, 0.1) is 0 Å². The molecule has 4 aromatic heterocycles. The zero-order valence-corrected chi connectivity index (χ0v) is 22.1. The summed E-state index contributed by atoms with van der Waals surface area (Å²) in [6.07, 6.45) is 15.2. The lowest BCUT2D eigenvalue weighted by Crippen LogP contribution is -2.00. The lowest BCUT2D eigenvalue weighted by atomic mass is 10.0. The van der Waals surface area contributed by atoms with Gasteiger partial charge in [0.05, 0.1) is 11.9 Å². The number of rotatable bonds is 6. The predicted octanol–water partition coefficient (Wildman–Crippen LogP) is 6.24. The third kappa shape index (κ3) is 5.22. The van der Waals surface area contributed by atoms with E-state index in [9.17, 15) is 0 Å². The van der Waals surface area contributed by atoms with Crippen molar-refractivity contribution in [2.24, 2.45) is 0 Å². The van der Waals surface area contributed by atoms with Crippen LogP contribution in [-0.4, -0.2) is 44.9 Å². The van der Waals surface area contributed by atoms with Crippen LogP contribution in [0.3, 0.4) is 0 Å². The summed E-state index contributed by atoms with van der Waals surface area (Å²) in [7, 11) is 0. The number of nitrogens with zero attached hydrogens (tertiary/aromatic N) is 9. The average Bonchev–Trinajstić information content (AvgIpc) is 3.09. The minimum absolute atomic E-state index is 0.544. The average molecular weight is 544 g/mol. The molecule has 0 bridgehead atoms. The van der Waals surface area contributed by atoms with Gasteiger partial charge < -0.3 is 0 Å². The van der Waals surface area contributed by atoms with Gasteiger partial charge in [-0.05, 0) is 29.3 Å². The van der Waals surface area contributed by atoms with E-state index in [0.717, 1.165) is 50.2 Å². The van der Waals surface area contributed by atoms with Gasteiger partial charge in [0.1, 0.15) is 12.7 Å². The first-order valence-corrected chi connectivity index (χ1v) is 13.1. The van der Waals surface area contributed by atoms with Crippen LogP contribution >= 0.6 is 0 Å². The second kappa shape index (κ2) is 11.2. The maximum Gasteiger partial charge on any atom is 0.164 e. The van der Waals surface area contributed by atoms with Crippen LogP contribution in [0.15, 0.2) is 129 Å². The Bertz CT molecular complexity index is 1740. The Kier molecular flexibility index (Phi) is 6.63. The zero-order chi connectivity index (χ0) is 28.1. The van der Waals surface area contributed by atoms with Gasteiger partial charge in [-0.1, -0.05) is 54.6 Å². The highest BCUT2D eigenvalue weighted by Crippen LogP contribution is 2.30. The Morgan fingerprint density at radius 2 is 0.786 bits per heavy atom. The molecule has 198 valence electrons. The first kappa shape index (κ1) is 24.9. The molecule has 4 heterocycles. The molecule has 0 amide bonds. The fraction of sp³-hybridized carbons (Fsp3) is 0. The third-order valence-corrected chi connectivity index (χ3v) is 6.64. The van der Waals surface area contributed by atoms with Gasteiger partial charge in [-0.3, -0.25) is 9.97 Å². The molecule has 7 rings (SSSR count). The van der Waals surface area contributed by atoms with Crippen molar-refractivity contribution in [1.29, 1.82) is 0 Å². The molecule has 7 aromatic rings.